The summed E-state index contributed by atoms with van der Waals surface area (Å²) in [6.07, 6.45) is 7.73. The van der Waals surface area contributed by atoms with Gasteiger partial charge in [0.05, 0.1) is 0 Å². The van der Waals surface area contributed by atoms with Gasteiger partial charge in [-0.15, -0.1) is 0 Å². The van der Waals surface area contributed by atoms with Crippen LogP contribution in [0.1, 0.15) is 12.1 Å². The summed E-state index contributed by atoms with van der Waals surface area (Å²) in [5, 5.41) is 0. The summed E-state index contributed by atoms with van der Waals surface area (Å²) >= 11 is 0. The molecule has 0 radical (unpaired) electrons. The van der Waals surface area contributed by atoms with Crippen molar-refractivity contribution < 1.29 is 0 Å². The Bertz CT molecular complexity index is 406. The molecule has 0 unspecified atom stereocenters. The van der Waals surface area contributed by atoms with Gasteiger partial charge in [0.15, 0.2) is 0 Å². The minimum Gasteiger partial charge on any atom is -0.330 e. The van der Waals surface area contributed by atoms with E-state index in [9.17, 15) is 0 Å². The highest BCUT2D eigenvalue weighted by Gasteiger charge is 2.01. The number of rotatable bonds is 4. The summed E-state index contributed by atoms with van der Waals surface area (Å²) < 4.78 is 2.18. The normalized spacial score (nSPS) is 10.5. The molecule has 0 amide bonds. The van der Waals surface area contributed by atoms with E-state index in [4.69, 9.17) is 5.73 Å². The van der Waals surface area contributed by atoms with Crippen LogP contribution >= 0.6 is 0 Å². The van der Waals surface area contributed by atoms with E-state index in [1.54, 1.807) is 0 Å². The van der Waals surface area contributed by atoms with Crippen LogP contribution in [-0.2, 0) is 6.42 Å². The van der Waals surface area contributed by atoms with Crippen LogP contribution < -0.4 is 5.73 Å². The van der Waals surface area contributed by atoms with Crippen molar-refractivity contribution in [1.29, 1.82) is 0 Å². The zero-order valence-electron chi connectivity index (χ0n) is 8.63. The van der Waals surface area contributed by atoms with Crippen LogP contribution in [-0.4, -0.2) is 16.1 Å². The number of hydrogen-bond donors (Lipinski definition) is 1. The van der Waals surface area contributed by atoms with E-state index in [2.05, 4.69) is 27.9 Å². The van der Waals surface area contributed by atoms with Gasteiger partial charge in [-0.25, -0.2) is 0 Å². The second-order valence-corrected chi connectivity index (χ2v) is 3.47. The Morgan fingerprint density at radius 1 is 1.20 bits per heavy atom. The average Bonchev–Trinajstić information content (AvgIpc) is 2.75. The molecule has 3 heteroatoms. The molecule has 78 valence electrons. The molecule has 0 atom stereocenters. The zero-order chi connectivity index (χ0) is 10.5. The molecule has 2 N–H and O–H groups in total. The number of aromatic nitrogens is 2. The first-order valence-corrected chi connectivity index (χ1v) is 5.18. The van der Waals surface area contributed by atoms with Gasteiger partial charge in [-0.3, -0.25) is 4.98 Å². The third-order valence-corrected chi connectivity index (χ3v) is 2.41. The minimum absolute atomic E-state index is 0.738. The Labute approximate surface area is 89.6 Å². The monoisotopic (exact) mass is 201 g/mol. The van der Waals surface area contributed by atoms with Gasteiger partial charge in [0.1, 0.15) is 0 Å². The lowest BCUT2D eigenvalue weighted by molar-refractivity contribution is 0.789. The second-order valence-electron chi connectivity index (χ2n) is 3.47. The van der Waals surface area contributed by atoms with Crippen molar-refractivity contribution in [3.63, 3.8) is 0 Å². The standard InChI is InChI=1S/C12H15N3/c13-7-1-3-11-4-2-10-15(11)12-5-8-14-9-6-12/h2,4-6,8-10H,1,3,7,13H2. The van der Waals surface area contributed by atoms with Gasteiger partial charge in [-0.2, -0.15) is 0 Å². The van der Waals surface area contributed by atoms with Crippen molar-refractivity contribution in [2.45, 2.75) is 12.8 Å². The molecule has 0 saturated heterocycles. The molecule has 0 aliphatic rings. The van der Waals surface area contributed by atoms with Gasteiger partial charge < -0.3 is 10.3 Å². The molecule has 0 aliphatic heterocycles. The highest BCUT2D eigenvalue weighted by Crippen LogP contribution is 2.12. The Kier molecular flexibility index (Phi) is 3.15. The van der Waals surface area contributed by atoms with E-state index in [-0.39, 0.29) is 0 Å². The molecule has 3 nitrogen and oxygen atoms in total. The fourth-order valence-corrected chi connectivity index (χ4v) is 1.66. The quantitative estimate of drug-likeness (QED) is 0.819. The molecule has 0 aromatic carbocycles. The number of pyridine rings is 1. The lowest BCUT2D eigenvalue weighted by Crippen LogP contribution is -2.04. The minimum atomic E-state index is 0.738. The fraction of sp³-hybridized carbons (Fsp3) is 0.250. The van der Waals surface area contributed by atoms with Gasteiger partial charge in [-0.05, 0) is 43.7 Å². The highest BCUT2D eigenvalue weighted by atomic mass is 15.0. The third kappa shape index (κ3) is 2.25. The highest BCUT2D eigenvalue weighted by molar-refractivity contribution is 5.32. The zero-order valence-corrected chi connectivity index (χ0v) is 8.63. The van der Waals surface area contributed by atoms with Gasteiger partial charge in [0.25, 0.3) is 0 Å². The van der Waals surface area contributed by atoms with Crippen molar-refractivity contribution in [2.24, 2.45) is 5.73 Å². The molecular weight excluding hydrogens is 186 g/mol. The Hall–Kier alpha value is -1.61. The molecule has 2 aromatic rings. The summed E-state index contributed by atoms with van der Waals surface area (Å²) in [6, 6.07) is 8.21. The van der Waals surface area contributed by atoms with Crippen molar-refractivity contribution in [2.75, 3.05) is 6.54 Å². The summed E-state index contributed by atoms with van der Waals surface area (Å²) in [7, 11) is 0. The fourth-order valence-electron chi connectivity index (χ4n) is 1.66. The molecule has 2 heterocycles. The van der Waals surface area contributed by atoms with Crippen molar-refractivity contribution in [1.82, 2.24) is 9.55 Å². The van der Waals surface area contributed by atoms with E-state index >= 15 is 0 Å². The SMILES string of the molecule is NCCCc1cccn1-c1ccncc1. The van der Waals surface area contributed by atoms with Crippen molar-refractivity contribution in [3.8, 4) is 5.69 Å². The van der Waals surface area contributed by atoms with Gasteiger partial charge in [0, 0.05) is 30.0 Å². The van der Waals surface area contributed by atoms with Crippen LogP contribution in [0.5, 0.6) is 0 Å². The topological polar surface area (TPSA) is 43.8 Å². The molecule has 0 fully saturated rings. The van der Waals surface area contributed by atoms with E-state index in [0.29, 0.717) is 0 Å². The van der Waals surface area contributed by atoms with Crippen molar-refractivity contribution in [3.05, 3.63) is 48.5 Å². The number of hydrogen-bond acceptors (Lipinski definition) is 2. The van der Waals surface area contributed by atoms with Crippen molar-refractivity contribution >= 4 is 0 Å². The maximum Gasteiger partial charge on any atom is 0.0482 e. The molecular formula is C12H15N3. The lowest BCUT2D eigenvalue weighted by Gasteiger charge is -2.08. The van der Waals surface area contributed by atoms with E-state index in [1.807, 2.05) is 24.5 Å². The predicted molar refractivity (Wildman–Crippen MR) is 60.9 cm³/mol. The molecule has 0 saturated carbocycles. The molecule has 0 bridgehead atoms. The lowest BCUT2D eigenvalue weighted by atomic mass is 10.2. The van der Waals surface area contributed by atoms with E-state index in [1.165, 1.54) is 5.69 Å². The predicted octanol–water partition coefficient (Wildman–Crippen LogP) is 1.76. The Balaban J connectivity index is 2.25. The van der Waals surface area contributed by atoms with Crippen LogP contribution in [0, 0.1) is 0 Å². The number of aryl methyl sites for hydroxylation is 1. The second kappa shape index (κ2) is 4.75. The number of nitrogens with two attached hydrogens (primary N) is 1. The van der Waals surface area contributed by atoms with Crippen LogP contribution in [0.3, 0.4) is 0 Å². The summed E-state index contributed by atoms with van der Waals surface area (Å²) in [4.78, 5) is 4.01. The Morgan fingerprint density at radius 3 is 2.73 bits per heavy atom. The first-order chi connectivity index (χ1) is 7.42. The van der Waals surface area contributed by atoms with Gasteiger partial charge >= 0.3 is 0 Å². The van der Waals surface area contributed by atoms with Gasteiger partial charge in [0.2, 0.25) is 0 Å². The first-order valence-electron chi connectivity index (χ1n) is 5.18. The average molecular weight is 201 g/mol. The summed E-state index contributed by atoms with van der Waals surface area (Å²) in [5.41, 5.74) is 7.97. The van der Waals surface area contributed by atoms with Crippen LogP contribution in [0.2, 0.25) is 0 Å². The molecule has 2 aromatic heterocycles. The van der Waals surface area contributed by atoms with E-state index in [0.717, 1.165) is 25.1 Å². The smallest absolute Gasteiger partial charge is 0.0482 e. The van der Waals surface area contributed by atoms with Crippen LogP contribution in [0.4, 0.5) is 0 Å². The summed E-state index contributed by atoms with van der Waals surface area (Å²) in [5.74, 6) is 0. The largest absolute Gasteiger partial charge is 0.330 e. The molecule has 2 rings (SSSR count). The maximum atomic E-state index is 5.51. The molecule has 0 spiro atoms. The maximum absolute atomic E-state index is 5.51. The third-order valence-electron chi connectivity index (χ3n) is 2.41. The van der Waals surface area contributed by atoms with Crippen LogP contribution in [0.25, 0.3) is 5.69 Å². The number of nitrogens with zero attached hydrogens (tertiary/aromatic N) is 2. The Morgan fingerprint density at radius 2 is 2.00 bits per heavy atom. The first kappa shape index (κ1) is 9.93. The molecule has 15 heavy (non-hydrogen) atoms. The summed E-state index contributed by atoms with van der Waals surface area (Å²) in [6.45, 7) is 0.738. The van der Waals surface area contributed by atoms with E-state index < -0.39 is 0 Å². The van der Waals surface area contributed by atoms with Crippen LogP contribution in [0.15, 0.2) is 42.9 Å². The molecule has 0 aliphatic carbocycles. The van der Waals surface area contributed by atoms with Gasteiger partial charge in [-0.1, -0.05) is 0 Å².